The third-order valence-corrected chi connectivity index (χ3v) is 4.66. The maximum absolute atomic E-state index is 6.06. The number of nitrogens with zero attached hydrogens (tertiary/aromatic N) is 1. The van der Waals surface area contributed by atoms with Gasteiger partial charge in [-0.15, -0.1) is 0 Å². The summed E-state index contributed by atoms with van der Waals surface area (Å²) in [7, 11) is 0. The fourth-order valence-corrected chi connectivity index (χ4v) is 3.30. The van der Waals surface area contributed by atoms with Crippen LogP contribution in [0.25, 0.3) is 0 Å². The minimum Gasteiger partial charge on any atom is -0.307 e. The molecule has 19 heavy (non-hydrogen) atoms. The fraction of sp³-hybridized carbons (Fsp3) is 0.625. The highest BCUT2D eigenvalue weighted by molar-refractivity contribution is 6.30. The molecule has 1 saturated carbocycles. The zero-order chi connectivity index (χ0) is 13.2. The number of benzene rings is 1. The molecule has 1 N–H and O–H groups in total. The van der Waals surface area contributed by atoms with Gasteiger partial charge in [-0.25, -0.2) is 0 Å². The number of hydrogen-bond donors (Lipinski definition) is 1. The molecule has 0 amide bonds. The summed E-state index contributed by atoms with van der Waals surface area (Å²) in [6, 6.07) is 10.2. The second-order valence-electron chi connectivity index (χ2n) is 5.98. The number of hydrogen-bond acceptors (Lipinski definition) is 2. The van der Waals surface area contributed by atoms with Gasteiger partial charge in [-0.05, 0) is 63.4 Å². The van der Waals surface area contributed by atoms with Crippen molar-refractivity contribution in [1.29, 1.82) is 0 Å². The summed E-state index contributed by atoms with van der Waals surface area (Å²) in [6.07, 6.45) is 5.41. The number of piperidine rings is 1. The smallest absolute Gasteiger partial charge is 0.0409 e. The Kier molecular flexibility index (Phi) is 4.11. The van der Waals surface area contributed by atoms with Crippen molar-refractivity contribution in [2.75, 3.05) is 13.1 Å². The van der Waals surface area contributed by atoms with E-state index < -0.39 is 0 Å². The van der Waals surface area contributed by atoms with E-state index in [1.165, 1.54) is 44.3 Å². The zero-order valence-corrected chi connectivity index (χ0v) is 12.4. The Balaban J connectivity index is 1.51. The Morgan fingerprint density at radius 3 is 2.58 bits per heavy atom. The molecule has 3 heteroatoms. The van der Waals surface area contributed by atoms with Gasteiger partial charge >= 0.3 is 0 Å². The van der Waals surface area contributed by atoms with Crippen LogP contribution in [0.5, 0.6) is 0 Å². The second kappa shape index (κ2) is 5.82. The third kappa shape index (κ3) is 3.50. The number of rotatable bonds is 4. The summed E-state index contributed by atoms with van der Waals surface area (Å²) in [5.74, 6) is 0. The molecule has 0 aromatic heterocycles. The summed E-state index contributed by atoms with van der Waals surface area (Å²) in [6.45, 7) is 4.77. The van der Waals surface area contributed by atoms with Crippen LogP contribution in [-0.2, 0) is 0 Å². The first-order chi connectivity index (χ1) is 9.22. The average Bonchev–Trinajstić information content (AvgIpc) is 3.24. The molecule has 2 nitrogen and oxygen atoms in total. The largest absolute Gasteiger partial charge is 0.307 e. The van der Waals surface area contributed by atoms with Gasteiger partial charge in [-0.3, -0.25) is 0 Å². The molecule has 104 valence electrons. The van der Waals surface area contributed by atoms with Gasteiger partial charge in [0.25, 0.3) is 0 Å². The number of nitrogens with one attached hydrogen (secondary N) is 1. The highest BCUT2D eigenvalue weighted by Gasteiger charge is 2.31. The molecule has 2 aliphatic rings. The Bertz CT molecular complexity index is 423. The molecule has 3 rings (SSSR count). The minimum atomic E-state index is 0.385. The van der Waals surface area contributed by atoms with Gasteiger partial charge in [0.05, 0.1) is 0 Å². The van der Waals surface area contributed by atoms with E-state index in [2.05, 4.69) is 29.3 Å². The molecule has 1 aromatic rings. The van der Waals surface area contributed by atoms with E-state index in [9.17, 15) is 0 Å². The topological polar surface area (TPSA) is 15.3 Å². The van der Waals surface area contributed by atoms with Crippen molar-refractivity contribution < 1.29 is 0 Å². The Hall–Kier alpha value is -0.570. The lowest BCUT2D eigenvalue weighted by Crippen LogP contribution is -2.44. The van der Waals surface area contributed by atoms with Crippen molar-refractivity contribution in [2.45, 2.75) is 50.7 Å². The molecule has 1 aromatic carbocycles. The van der Waals surface area contributed by atoms with Crippen LogP contribution in [-0.4, -0.2) is 30.1 Å². The first kappa shape index (κ1) is 13.4. The predicted molar refractivity (Wildman–Crippen MR) is 80.6 cm³/mol. The van der Waals surface area contributed by atoms with Gasteiger partial charge in [0.2, 0.25) is 0 Å². The molecule has 1 atom stereocenters. The second-order valence-corrected chi connectivity index (χ2v) is 6.42. The first-order valence-electron chi connectivity index (χ1n) is 7.48. The maximum atomic E-state index is 6.06. The van der Waals surface area contributed by atoms with Gasteiger partial charge in [-0.1, -0.05) is 23.7 Å². The molecule has 1 unspecified atom stereocenters. The summed E-state index contributed by atoms with van der Waals surface area (Å²) in [5.41, 5.74) is 1.29. The van der Waals surface area contributed by atoms with Crippen LogP contribution in [0.1, 0.15) is 44.2 Å². The van der Waals surface area contributed by atoms with Crippen LogP contribution in [0.15, 0.2) is 24.3 Å². The van der Waals surface area contributed by atoms with Crippen LogP contribution in [0.4, 0.5) is 0 Å². The summed E-state index contributed by atoms with van der Waals surface area (Å²) >= 11 is 6.06. The molecule has 0 bridgehead atoms. The molecule has 1 aliphatic carbocycles. The Labute approximate surface area is 121 Å². The van der Waals surface area contributed by atoms with Crippen LogP contribution < -0.4 is 5.32 Å². The fourth-order valence-electron chi connectivity index (χ4n) is 3.10. The summed E-state index contributed by atoms with van der Waals surface area (Å²) in [4.78, 5) is 2.67. The molecule has 1 heterocycles. The van der Waals surface area contributed by atoms with E-state index in [1.54, 1.807) is 0 Å². The standard InChI is InChI=1S/C16H23ClN2/c1-12(13-3-2-4-14(17)11-13)18-15-7-9-19(10-8-15)16-5-6-16/h2-4,11-12,15-16,18H,5-10H2,1H3. The van der Waals surface area contributed by atoms with Crippen molar-refractivity contribution in [3.63, 3.8) is 0 Å². The SMILES string of the molecule is CC(NC1CCN(C2CC2)CC1)c1cccc(Cl)c1. The molecular formula is C16H23ClN2. The van der Waals surface area contributed by atoms with E-state index in [0.717, 1.165) is 11.1 Å². The summed E-state index contributed by atoms with van der Waals surface area (Å²) in [5, 5.41) is 4.59. The van der Waals surface area contributed by atoms with Gasteiger partial charge in [0.15, 0.2) is 0 Å². The number of halogens is 1. The van der Waals surface area contributed by atoms with Crippen molar-refractivity contribution in [3.05, 3.63) is 34.9 Å². The minimum absolute atomic E-state index is 0.385. The van der Waals surface area contributed by atoms with E-state index in [0.29, 0.717) is 12.1 Å². The van der Waals surface area contributed by atoms with E-state index in [-0.39, 0.29) is 0 Å². The normalized spacial score (nSPS) is 23.5. The quantitative estimate of drug-likeness (QED) is 0.905. The van der Waals surface area contributed by atoms with Crippen LogP contribution in [0.2, 0.25) is 5.02 Å². The van der Waals surface area contributed by atoms with Gasteiger partial charge < -0.3 is 10.2 Å². The van der Waals surface area contributed by atoms with Crippen LogP contribution >= 0.6 is 11.6 Å². The Morgan fingerprint density at radius 1 is 1.21 bits per heavy atom. The van der Waals surface area contributed by atoms with Crippen LogP contribution in [0, 0.1) is 0 Å². The maximum Gasteiger partial charge on any atom is 0.0409 e. The van der Waals surface area contributed by atoms with E-state index in [4.69, 9.17) is 11.6 Å². The zero-order valence-electron chi connectivity index (χ0n) is 11.6. The number of likely N-dealkylation sites (tertiary alicyclic amines) is 1. The van der Waals surface area contributed by atoms with Crippen molar-refractivity contribution in [1.82, 2.24) is 10.2 Å². The van der Waals surface area contributed by atoms with E-state index >= 15 is 0 Å². The lowest BCUT2D eigenvalue weighted by Gasteiger charge is -2.34. The first-order valence-corrected chi connectivity index (χ1v) is 7.86. The van der Waals surface area contributed by atoms with Crippen molar-refractivity contribution >= 4 is 11.6 Å². The third-order valence-electron chi connectivity index (χ3n) is 4.43. The van der Waals surface area contributed by atoms with Crippen molar-refractivity contribution in [2.24, 2.45) is 0 Å². The Morgan fingerprint density at radius 2 is 1.95 bits per heavy atom. The van der Waals surface area contributed by atoms with Crippen molar-refractivity contribution in [3.8, 4) is 0 Å². The lowest BCUT2D eigenvalue weighted by molar-refractivity contribution is 0.184. The highest BCUT2D eigenvalue weighted by atomic mass is 35.5. The summed E-state index contributed by atoms with van der Waals surface area (Å²) < 4.78 is 0. The molecule has 2 fully saturated rings. The predicted octanol–water partition coefficient (Wildman–Crippen LogP) is 3.62. The monoisotopic (exact) mass is 278 g/mol. The molecular weight excluding hydrogens is 256 g/mol. The average molecular weight is 279 g/mol. The molecule has 1 saturated heterocycles. The van der Waals surface area contributed by atoms with Gasteiger partial charge in [0.1, 0.15) is 0 Å². The highest BCUT2D eigenvalue weighted by Crippen LogP contribution is 2.29. The van der Waals surface area contributed by atoms with Crippen LogP contribution in [0.3, 0.4) is 0 Å². The van der Waals surface area contributed by atoms with Gasteiger partial charge in [0, 0.05) is 23.1 Å². The van der Waals surface area contributed by atoms with Gasteiger partial charge in [-0.2, -0.15) is 0 Å². The molecule has 0 spiro atoms. The van der Waals surface area contributed by atoms with E-state index in [1.807, 2.05) is 12.1 Å². The molecule has 0 radical (unpaired) electrons. The molecule has 1 aliphatic heterocycles. The lowest BCUT2D eigenvalue weighted by atomic mass is 10.0.